The summed E-state index contributed by atoms with van der Waals surface area (Å²) in [7, 11) is -0.643. The minimum absolute atomic E-state index is 0.212. The van der Waals surface area contributed by atoms with Crippen molar-refractivity contribution in [3.63, 3.8) is 0 Å². The average molecular weight is 284 g/mol. The Balaban J connectivity index is 1.42. The monoisotopic (exact) mass is 284 g/mol. The Bertz CT molecular complexity index is 352. The van der Waals surface area contributed by atoms with Gasteiger partial charge in [-0.25, -0.2) is 0 Å². The molecule has 0 spiro atoms. The summed E-state index contributed by atoms with van der Waals surface area (Å²) in [5, 5.41) is 6.76. The van der Waals surface area contributed by atoms with Gasteiger partial charge in [0.05, 0.1) is 0 Å². The first-order valence-electron chi connectivity index (χ1n) is 7.59. The zero-order valence-electron chi connectivity index (χ0n) is 11.4. The van der Waals surface area contributed by atoms with E-state index in [2.05, 4.69) is 10.6 Å². The molecule has 2 bridgehead atoms. The third-order valence-corrected chi connectivity index (χ3v) is 6.18. The predicted octanol–water partition coefficient (Wildman–Crippen LogP) is 0.934. The second-order valence-electron chi connectivity index (χ2n) is 6.37. The Labute approximate surface area is 117 Å². The highest BCUT2D eigenvalue weighted by Gasteiger charge is 2.34. The van der Waals surface area contributed by atoms with Crippen LogP contribution < -0.4 is 10.6 Å². The molecule has 0 aromatic heterocycles. The number of carbonyl (C=O) groups is 1. The van der Waals surface area contributed by atoms with E-state index in [-0.39, 0.29) is 11.9 Å². The lowest BCUT2D eigenvalue weighted by Crippen LogP contribution is -2.42. The Kier molecular flexibility index (Phi) is 4.22. The summed E-state index contributed by atoms with van der Waals surface area (Å²) < 4.78 is 11.3. The summed E-state index contributed by atoms with van der Waals surface area (Å²) in [4.78, 5) is 12.1. The van der Waals surface area contributed by atoms with Gasteiger partial charge < -0.3 is 10.6 Å². The molecule has 0 aromatic rings. The fraction of sp³-hybridized carbons (Fsp3) is 0.929. The van der Waals surface area contributed by atoms with E-state index in [0.29, 0.717) is 24.4 Å². The smallest absolute Gasteiger partial charge is 0.220 e. The molecule has 4 nitrogen and oxygen atoms in total. The number of nitrogens with one attached hydrogen (secondary N) is 2. The summed E-state index contributed by atoms with van der Waals surface area (Å²) in [6.45, 7) is 0. The topological polar surface area (TPSA) is 58.2 Å². The third kappa shape index (κ3) is 3.57. The summed E-state index contributed by atoms with van der Waals surface area (Å²) in [6.07, 6.45) is 7.37. The normalized spacial score (nSPS) is 42.0. The van der Waals surface area contributed by atoms with E-state index in [1.54, 1.807) is 0 Å². The van der Waals surface area contributed by atoms with Crippen LogP contribution in [0.5, 0.6) is 0 Å². The molecule has 0 aromatic carbocycles. The van der Waals surface area contributed by atoms with Gasteiger partial charge in [0.1, 0.15) is 0 Å². The van der Waals surface area contributed by atoms with Gasteiger partial charge in [-0.15, -0.1) is 0 Å². The van der Waals surface area contributed by atoms with Crippen molar-refractivity contribution in [3.8, 4) is 0 Å². The third-order valence-electron chi connectivity index (χ3n) is 4.80. The molecule has 108 valence electrons. The minimum atomic E-state index is -0.643. The maximum absolute atomic E-state index is 12.1. The number of hydrogen-bond acceptors (Lipinski definition) is 3. The standard InChI is InChI=1S/C14H24N2O2S/c17-14(16-11-3-5-19(18)6-4-11)9-10-7-12-1-2-13(8-10)15-12/h10-13,15H,1-9H2,(H,16,17). The summed E-state index contributed by atoms with van der Waals surface area (Å²) >= 11 is 0. The molecule has 3 heterocycles. The molecule has 5 heteroatoms. The molecule has 3 aliphatic heterocycles. The molecule has 0 radical (unpaired) electrons. The first-order chi connectivity index (χ1) is 9.19. The molecule has 3 rings (SSSR count). The van der Waals surface area contributed by atoms with Gasteiger partial charge >= 0.3 is 0 Å². The molecule has 0 saturated carbocycles. The number of rotatable bonds is 3. The highest BCUT2D eigenvalue weighted by Crippen LogP contribution is 2.32. The van der Waals surface area contributed by atoms with Crippen molar-refractivity contribution in [3.05, 3.63) is 0 Å². The lowest BCUT2D eigenvalue weighted by molar-refractivity contribution is -0.123. The molecule has 0 aliphatic carbocycles. The van der Waals surface area contributed by atoms with Crippen molar-refractivity contribution < 1.29 is 9.00 Å². The van der Waals surface area contributed by atoms with Crippen molar-refractivity contribution in [2.45, 2.75) is 63.1 Å². The van der Waals surface area contributed by atoms with Crippen LogP contribution in [0.4, 0.5) is 0 Å². The summed E-state index contributed by atoms with van der Waals surface area (Å²) in [6, 6.07) is 1.59. The van der Waals surface area contributed by atoms with Gasteiger partial charge in [-0.2, -0.15) is 0 Å². The van der Waals surface area contributed by atoms with Gasteiger partial charge in [-0.3, -0.25) is 9.00 Å². The van der Waals surface area contributed by atoms with E-state index in [1.807, 2.05) is 0 Å². The molecular weight excluding hydrogens is 260 g/mol. The van der Waals surface area contributed by atoms with Crippen molar-refractivity contribution in [1.29, 1.82) is 0 Å². The van der Waals surface area contributed by atoms with Gasteiger partial charge in [0.15, 0.2) is 0 Å². The van der Waals surface area contributed by atoms with E-state index < -0.39 is 10.8 Å². The second-order valence-corrected chi connectivity index (χ2v) is 8.07. The van der Waals surface area contributed by atoms with E-state index in [4.69, 9.17) is 0 Å². The van der Waals surface area contributed by atoms with Gasteiger partial charge in [0, 0.05) is 46.9 Å². The first kappa shape index (κ1) is 13.6. The molecule has 1 amide bonds. The highest BCUT2D eigenvalue weighted by molar-refractivity contribution is 7.85. The molecule has 3 aliphatic rings. The maximum Gasteiger partial charge on any atom is 0.220 e. The zero-order valence-corrected chi connectivity index (χ0v) is 12.2. The summed E-state index contributed by atoms with van der Waals surface area (Å²) in [5.41, 5.74) is 0. The number of piperidine rings is 1. The Hall–Kier alpha value is -0.420. The fourth-order valence-corrected chi connectivity index (χ4v) is 5.13. The molecule has 2 atom stereocenters. The van der Waals surface area contributed by atoms with Crippen molar-refractivity contribution in [1.82, 2.24) is 10.6 Å². The van der Waals surface area contributed by atoms with E-state index in [1.165, 1.54) is 25.7 Å². The van der Waals surface area contributed by atoms with Gasteiger partial charge in [0.2, 0.25) is 5.91 Å². The molecule has 3 saturated heterocycles. The Morgan fingerprint density at radius 2 is 1.74 bits per heavy atom. The van der Waals surface area contributed by atoms with Crippen molar-refractivity contribution in [2.24, 2.45) is 5.92 Å². The van der Waals surface area contributed by atoms with Crippen LogP contribution in [0.3, 0.4) is 0 Å². The quantitative estimate of drug-likeness (QED) is 0.811. The summed E-state index contributed by atoms with van der Waals surface area (Å²) in [5.74, 6) is 2.28. The Morgan fingerprint density at radius 1 is 1.11 bits per heavy atom. The van der Waals surface area contributed by atoms with Crippen LogP contribution >= 0.6 is 0 Å². The second kappa shape index (κ2) is 5.92. The lowest BCUT2D eigenvalue weighted by Gasteiger charge is -2.29. The molecule has 2 N–H and O–H groups in total. The number of hydrogen-bond donors (Lipinski definition) is 2. The van der Waals surface area contributed by atoms with Gasteiger partial charge in [-0.1, -0.05) is 0 Å². The van der Waals surface area contributed by atoms with Crippen molar-refractivity contribution in [2.75, 3.05) is 11.5 Å². The van der Waals surface area contributed by atoms with Gasteiger partial charge in [0.25, 0.3) is 0 Å². The van der Waals surface area contributed by atoms with Crippen LogP contribution in [-0.4, -0.2) is 39.7 Å². The SMILES string of the molecule is O=C(CC1CC2CCC(C1)N2)NC1CCS(=O)CC1. The number of amides is 1. The molecule has 19 heavy (non-hydrogen) atoms. The van der Waals surface area contributed by atoms with Crippen LogP contribution in [-0.2, 0) is 15.6 Å². The molecule has 2 unspecified atom stereocenters. The zero-order chi connectivity index (χ0) is 13.2. The fourth-order valence-electron chi connectivity index (χ4n) is 3.83. The largest absolute Gasteiger partial charge is 0.353 e. The van der Waals surface area contributed by atoms with E-state index >= 15 is 0 Å². The van der Waals surface area contributed by atoms with Crippen LogP contribution in [0.1, 0.15) is 44.9 Å². The minimum Gasteiger partial charge on any atom is -0.353 e. The lowest BCUT2D eigenvalue weighted by atomic mass is 9.89. The average Bonchev–Trinajstić information content (AvgIpc) is 2.72. The molecule has 3 fully saturated rings. The maximum atomic E-state index is 12.1. The van der Waals surface area contributed by atoms with Gasteiger partial charge in [-0.05, 0) is 44.4 Å². The van der Waals surface area contributed by atoms with Crippen LogP contribution in [0.25, 0.3) is 0 Å². The first-order valence-corrected chi connectivity index (χ1v) is 9.08. The van der Waals surface area contributed by atoms with E-state index in [9.17, 15) is 9.00 Å². The van der Waals surface area contributed by atoms with E-state index in [0.717, 1.165) is 24.3 Å². The van der Waals surface area contributed by atoms with Crippen LogP contribution in [0.2, 0.25) is 0 Å². The van der Waals surface area contributed by atoms with Crippen LogP contribution in [0.15, 0.2) is 0 Å². The van der Waals surface area contributed by atoms with Crippen molar-refractivity contribution >= 4 is 16.7 Å². The predicted molar refractivity (Wildman–Crippen MR) is 76.3 cm³/mol. The van der Waals surface area contributed by atoms with Crippen LogP contribution in [0, 0.1) is 5.92 Å². The molecular formula is C14H24N2O2S. The number of fused-ring (bicyclic) bond motifs is 2. The Morgan fingerprint density at radius 3 is 2.37 bits per heavy atom. The number of carbonyl (C=O) groups excluding carboxylic acids is 1. The highest BCUT2D eigenvalue weighted by atomic mass is 32.2.